The molecule has 14 heteroatoms. The largest absolute Gasteiger partial charge is 0.449 e. The fourth-order valence-corrected chi connectivity index (χ4v) is 5.48. The Morgan fingerprint density at radius 1 is 1.08 bits per heavy atom. The monoisotopic (exact) mass is 648 g/mol. The molecule has 1 heterocycles. The summed E-state index contributed by atoms with van der Waals surface area (Å²) in [5.41, 5.74) is -1.06. The number of carbonyl (C=O) groups is 1. The van der Waals surface area contributed by atoms with Crippen molar-refractivity contribution in [2.75, 3.05) is 4.90 Å². The first-order valence-electron chi connectivity index (χ1n) is 9.91. The molecule has 0 bridgehead atoms. The number of thiocarbonyl (C=S) groups is 1. The Hall–Kier alpha value is -2.64. The third-order valence-corrected chi connectivity index (χ3v) is 7.36. The lowest BCUT2D eigenvalue weighted by atomic mass is 10.1. The Morgan fingerprint density at radius 3 is 2.41 bits per heavy atom. The predicted molar refractivity (Wildman–Crippen MR) is 144 cm³/mol. The van der Waals surface area contributed by atoms with Gasteiger partial charge in [0.2, 0.25) is 5.75 Å². The first-order chi connectivity index (χ1) is 17.3. The number of hydrogen-bond donors (Lipinski definition) is 0. The summed E-state index contributed by atoms with van der Waals surface area (Å²) < 4.78 is 45.0. The molecule has 0 aliphatic carbocycles. The number of nitro groups is 1. The molecule has 37 heavy (non-hydrogen) atoms. The Morgan fingerprint density at radius 2 is 1.78 bits per heavy atom. The molecule has 0 spiro atoms. The minimum atomic E-state index is -4.74. The molecule has 1 aliphatic rings. The quantitative estimate of drug-likeness (QED) is 0.119. The normalized spacial score (nSPS) is 15.0. The molecular formula is C23H10BrCl2F3N2O4S2. The number of nitro benzene ring substituents is 1. The summed E-state index contributed by atoms with van der Waals surface area (Å²) >= 11 is 21.9. The highest BCUT2D eigenvalue weighted by Crippen LogP contribution is 2.42. The van der Waals surface area contributed by atoms with Crippen molar-refractivity contribution in [2.24, 2.45) is 0 Å². The Balaban J connectivity index is 1.59. The zero-order chi connectivity index (χ0) is 27.1. The third kappa shape index (κ3) is 5.93. The maximum Gasteiger partial charge on any atom is 0.416 e. The summed E-state index contributed by atoms with van der Waals surface area (Å²) in [6.07, 6.45) is -3.16. The number of alkyl halides is 3. The Labute approximate surface area is 235 Å². The van der Waals surface area contributed by atoms with E-state index in [0.717, 1.165) is 17.8 Å². The minimum Gasteiger partial charge on any atom is -0.449 e. The first kappa shape index (κ1) is 27.4. The van der Waals surface area contributed by atoms with Gasteiger partial charge in [0.25, 0.3) is 5.91 Å². The summed E-state index contributed by atoms with van der Waals surface area (Å²) in [6, 6.07) is 11.3. The van der Waals surface area contributed by atoms with Gasteiger partial charge in [0.05, 0.1) is 30.6 Å². The van der Waals surface area contributed by atoms with E-state index in [1.54, 1.807) is 30.3 Å². The van der Waals surface area contributed by atoms with Crippen LogP contribution in [0.15, 0.2) is 64.0 Å². The first-order valence-corrected chi connectivity index (χ1v) is 12.7. The van der Waals surface area contributed by atoms with Crippen molar-refractivity contribution in [3.8, 4) is 11.5 Å². The maximum absolute atomic E-state index is 13.0. The number of amides is 1. The van der Waals surface area contributed by atoms with Gasteiger partial charge in [-0.05, 0) is 70.0 Å². The van der Waals surface area contributed by atoms with Crippen LogP contribution in [0.4, 0.5) is 24.5 Å². The van der Waals surface area contributed by atoms with Crippen molar-refractivity contribution in [3.63, 3.8) is 0 Å². The van der Waals surface area contributed by atoms with Crippen molar-refractivity contribution >= 4 is 90.8 Å². The molecule has 1 aliphatic heterocycles. The van der Waals surface area contributed by atoms with Gasteiger partial charge in [0.1, 0.15) is 5.75 Å². The molecule has 4 rings (SSSR count). The lowest BCUT2D eigenvalue weighted by Gasteiger charge is -2.16. The summed E-state index contributed by atoms with van der Waals surface area (Å²) in [7, 11) is 0. The van der Waals surface area contributed by atoms with Crippen LogP contribution in [0.2, 0.25) is 10.0 Å². The van der Waals surface area contributed by atoms with E-state index in [-0.39, 0.29) is 20.8 Å². The highest BCUT2D eigenvalue weighted by atomic mass is 79.9. The maximum atomic E-state index is 13.0. The number of anilines is 1. The molecule has 0 N–H and O–H groups in total. The van der Waals surface area contributed by atoms with Gasteiger partial charge in [-0.2, -0.15) is 13.2 Å². The van der Waals surface area contributed by atoms with Crippen LogP contribution in [0.1, 0.15) is 11.1 Å². The van der Waals surface area contributed by atoms with Crippen molar-refractivity contribution < 1.29 is 27.6 Å². The summed E-state index contributed by atoms with van der Waals surface area (Å²) in [5, 5.41) is 12.0. The van der Waals surface area contributed by atoms with E-state index in [4.69, 9.17) is 40.2 Å². The molecule has 0 unspecified atom stereocenters. The van der Waals surface area contributed by atoms with E-state index in [0.29, 0.717) is 37.8 Å². The van der Waals surface area contributed by atoms with Crippen LogP contribution in [0.3, 0.4) is 0 Å². The second-order valence-electron chi connectivity index (χ2n) is 7.34. The molecule has 190 valence electrons. The fourth-order valence-electron chi connectivity index (χ4n) is 3.22. The highest BCUT2D eigenvalue weighted by molar-refractivity contribution is 9.10. The van der Waals surface area contributed by atoms with Gasteiger partial charge in [-0.15, -0.1) is 0 Å². The summed E-state index contributed by atoms with van der Waals surface area (Å²) in [4.78, 5) is 25.0. The predicted octanol–water partition coefficient (Wildman–Crippen LogP) is 8.88. The number of halogens is 6. The van der Waals surface area contributed by atoms with Crippen LogP contribution >= 0.6 is 63.1 Å². The molecule has 3 aromatic rings. The second kappa shape index (κ2) is 10.6. The highest BCUT2D eigenvalue weighted by Gasteiger charge is 2.35. The van der Waals surface area contributed by atoms with Crippen molar-refractivity contribution in [1.29, 1.82) is 0 Å². The fraction of sp³-hybridized carbons (Fsp3) is 0.0435. The molecule has 0 radical (unpaired) electrons. The Kier molecular flexibility index (Phi) is 7.86. The third-order valence-electron chi connectivity index (χ3n) is 4.90. The van der Waals surface area contributed by atoms with Crippen LogP contribution < -0.4 is 9.64 Å². The molecule has 1 amide bonds. The number of ether oxygens (including phenoxy) is 1. The van der Waals surface area contributed by atoms with E-state index in [1.807, 2.05) is 0 Å². The zero-order valence-electron chi connectivity index (χ0n) is 17.9. The average Bonchev–Trinajstić information content (AvgIpc) is 3.07. The number of thioether (sulfide) groups is 1. The molecule has 3 aromatic carbocycles. The van der Waals surface area contributed by atoms with Gasteiger partial charge in [-0.3, -0.25) is 19.8 Å². The van der Waals surface area contributed by atoms with E-state index in [1.165, 1.54) is 17.0 Å². The second-order valence-corrected chi connectivity index (χ2v) is 10.7. The average molecular weight is 650 g/mol. The number of hydrogen-bond acceptors (Lipinski definition) is 6. The summed E-state index contributed by atoms with van der Waals surface area (Å²) in [5.74, 6) is -0.649. The Bertz CT molecular complexity index is 1500. The smallest absolute Gasteiger partial charge is 0.416 e. The van der Waals surface area contributed by atoms with E-state index >= 15 is 0 Å². The van der Waals surface area contributed by atoms with Gasteiger partial charge >= 0.3 is 11.9 Å². The number of rotatable bonds is 5. The molecule has 1 fully saturated rings. The van der Waals surface area contributed by atoms with Crippen LogP contribution in [0.5, 0.6) is 11.5 Å². The molecule has 0 saturated carbocycles. The van der Waals surface area contributed by atoms with Crippen LogP contribution in [-0.4, -0.2) is 15.2 Å². The summed E-state index contributed by atoms with van der Waals surface area (Å²) in [6.45, 7) is 0. The van der Waals surface area contributed by atoms with Gasteiger partial charge < -0.3 is 4.74 Å². The van der Waals surface area contributed by atoms with E-state index < -0.39 is 28.3 Å². The van der Waals surface area contributed by atoms with Gasteiger partial charge in [0.15, 0.2) is 4.32 Å². The molecule has 0 atom stereocenters. The van der Waals surface area contributed by atoms with Crippen molar-refractivity contribution in [2.45, 2.75) is 6.18 Å². The number of benzene rings is 3. The lowest BCUT2D eigenvalue weighted by Crippen LogP contribution is -2.27. The van der Waals surface area contributed by atoms with E-state index in [9.17, 15) is 28.1 Å². The molecule has 0 aromatic heterocycles. The molecule has 1 saturated heterocycles. The van der Waals surface area contributed by atoms with Gasteiger partial charge in [0, 0.05) is 11.1 Å². The van der Waals surface area contributed by atoms with Crippen molar-refractivity contribution in [1.82, 2.24) is 0 Å². The number of nitrogens with zero attached hydrogens (tertiary/aromatic N) is 2. The van der Waals surface area contributed by atoms with E-state index in [2.05, 4.69) is 15.9 Å². The lowest BCUT2D eigenvalue weighted by molar-refractivity contribution is -0.385. The van der Waals surface area contributed by atoms with Gasteiger partial charge in [-0.1, -0.05) is 53.2 Å². The molecular weight excluding hydrogens is 640 g/mol. The van der Waals surface area contributed by atoms with Gasteiger partial charge in [-0.25, -0.2) is 0 Å². The standard InChI is InChI=1S/C23H10BrCl2F3N2O4S2/c24-14-7-11(8-20-21(32)30(22(36)37-20)16-4-3-13(25)10-15(16)26)1-5-18(14)35-19-6-2-12(23(27,28)29)9-17(19)31(33)34/h1-10H/b20-8-. The zero-order valence-corrected chi connectivity index (χ0v) is 22.6. The van der Waals surface area contributed by atoms with Crippen LogP contribution in [0.25, 0.3) is 6.08 Å². The van der Waals surface area contributed by atoms with Crippen LogP contribution in [0, 0.1) is 10.1 Å². The van der Waals surface area contributed by atoms with Crippen molar-refractivity contribution in [3.05, 3.63) is 95.3 Å². The van der Waals surface area contributed by atoms with Crippen LogP contribution in [-0.2, 0) is 11.0 Å². The topological polar surface area (TPSA) is 72.7 Å². The SMILES string of the molecule is O=C1/C(=C/c2ccc(Oc3ccc(C(F)(F)F)cc3[N+](=O)[O-])c(Br)c2)SC(=S)N1c1ccc(Cl)cc1Cl. The molecule has 6 nitrogen and oxygen atoms in total. The number of carbonyl (C=O) groups excluding carboxylic acids is 1. The minimum absolute atomic E-state index is 0.112.